The molecule has 0 atom stereocenters. The van der Waals surface area contributed by atoms with Crippen LogP contribution in [0.2, 0.25) is 0 Å². The molecule has 0 saturated heterocycles. The highest BCUT2D eigenvalue weighted by Crippen LogP contribution is 2.66. The van der Waals surface area contributed by atoms with E-state index in [2.05, 4.69) is 0 Å². The SMILES string of the molecule is CCOC(=O)/C(O[P+](N(C)C)(N(C)C)N(C)C)=C(\O)OCC. The summed E-state index contributed by atoms with van der Waals surface area (Å²) in [6.07, 6.45) is 0. The molecular formula is C13H29N3O5P+. The van der Waals surface area contributed by atoms with Gasteiger partial charge < -0.3 is 14.6 Å². The van der Waals surface area contributed by atoms with E-state index in [4.69, 9.17) is 14.0 Å². The van der Waals surface area contributed by atoms with E-state index in [1.807, 2.05) is 56.3 Å². The highest BCUT2D eigenvalue weighted by Gasteiger charge is 2.54. The molecule has 0 rings (SSSR count). The monoisotopic (exact) mass is 338 g/mol. The first-order valence-electron chi connectivity index (χ1n) is 7.00. The number of esters is 1. The molecule has 0 aliphatic heterocycles. The Hall–Kier alpha value is -1.08. The van der Waals surface area contributed by atoms with Crippen molar-refractivity contribution < 1.29 is 23.9 Å². The van der Waals surface area contributed by atoms with Gasteiger partial charge in [0, 0.05) is 42.3 Å². The van der Waals surface area contributed by atoms with Gasteiger partial charge in [-0.3, -0.25) is 4.52 Å². The molecule has 9 heteroatoms. The van der Waals surface area contributed by atoms with E-state index in [0.717, 1.165) is 0 Å². The Morgan fingerprint density at radius 3 is 1.64 bits per heavy atom. The molecular weight excluding hydrogens is 309 g/mol. The number of nitrogens with zero attached hydrogens (tertiary/aromatic N) is 3. The van der Waals surface area contributed by atoms with Crippen molar-refractivity contribution in [1.82, 2.24) is 14.0 Å². The molecule has 8 nitrogen and oxygen atoms in total. The van der Waals surface area contributed by atoms with E-state index < -0.39 is 19.9 Å². The molecule has 0 saturated carbocycles. The number of carbonyl (C=O) groups is 1. The summed E-state index contributed by atoms with van der Waals surface area (Å²) < 4.78 is 21.6. The summed E-state index contributed by atoms with van der Waals surface area (Å²) in [6.45, 7) is 3.75. The average molecular weight is 338 g/mol. The van der Waals surface area contributed by atoms with Crippen molar-refractivity contribution in [3.05, 3.63) is 11.7 Å². The van der Waals surface area contributed by atoms with Crippen LogP contribution in [-0.2, 0) is 18.8 Å². The number of hydrogen-bond acceptors (Lipinski definition) is 8. The Morgan fingerprint density at radius 2 is 1.32 bits per heavy atom. The lowest BCUT2D eigenvalue weighted by Crippen LogP contribution is -2.38. The minimum atomic E-state index is -2.52. The normalized spacial score (nSPS) is 13.4. The average Bonchev–Trinajstić information content (AvgIpc) is 2.38. The third-order valence-corrected chi connectivity index (χ3v) is 6.27. The Morgan fingerprint density at radius 1 is 0.909 bits per heavy atom. The number of ether oxygens (including phenoxy) is 2. The lowest BCUT2D eigenvalue weighted by atomic mass is 10.5. The summed E-state index contributed by atoms with van der Waals surface area (Å²) in [5.41, 5.74) is 0. The molecule has 130 valence electrons. The fourth-order valence-electron chi connectivity index (χ4n) is 2.00. The number of rotatable bonds is 9. The van der Waals surface area contributed by atoms with Gasteiger partial charge >= 0.3 is 25.6 Å². The zero-order valence-corrected chi connectivity index (χ0v) is 15.7. The van der Waals surface area contributed by atoms with Crippen molar-refractivity contribution in [2.45, 2.75) is 13.8 Å². The van der Waals surface area contributed by atoms with Crippen LogP contribution >= 0.6 is 7.94 Å². The van der Waals surface area contributed by atoms with Crippen molar-refractivity contribution >= 4 is 13.9 Å². The second-order valence-corrected chi connectivity index (χ2v) is 8.54. The zero-order valence-electron chi connectivity index (χ0n) is 14.8. The van der Waals surface area contributed by atoms with Crippen LogP contribution in [0.1, 0.15) is 13.8 Å². The van der Waals surface area contributed by atoms with E-state index in [-0.39, 0.29) is 19.0 Å². The van der Waals surface area contributed by atoms with E-state index >= 15 is 0 Å². The summed E-state index contributed by atoms with van der Waals surface area (Å²) in [5, 5.41) is 10.0. The highest BCUT2D eigenvalue weighted by molar-refractivity contribution is 7.64. The van der Waals surface area contributed by atoms with Crippen LogP contribution in [0.5, 0.6) is 0 Å². The van der Waals surface area contributed by atoms with Crippen LogP contribution in [0.25, 0.3) is 0 Å². The Kier molecular flexibility index (Phi) is 8.70. The van der Waals surface area contributed by atoms with E-state index in [0.29, 0.717) is 0 Å². The van der Waals surface area contributed by atoms with Crippen molar-refractivity contribution in [2.24, 2.45) is 0 Å². The highest BCUT2D eigenvalue weighted by atomic mass is 31.2. The molecule has 0 aliphatic carbocycles. The van der Waals surface area contributed by atoms with Gasteiger partial charge in [0.05, 0.1) is 13.2 Å². The van der Waals surface area contributed by atoms with Crippen molar-refractivity contribution in [1.29, 1.82) is 0 Å². The molecule has 0 heterocycles. The largest absolute Gasteiger partial charge is 0.478 e. The second kappa shape index (κ2) is 9.15. The molecule has 0 radical (unpaired) electrons. The maximum Gasteiger partial charge on any atom is 0.416 e. The molecule has 0 unspecified atom stereocenters. The standard InChI is InChI=1S/C13H28N3O5P/c1-9-19-12(17)11(13(18)20-10-2)21-22(14(3)4,15(5)6)16(7)8/h9-10H2,1-8H3/p+1. The van der Waals surface area contributed by atoms with E-state index in [9.17, 15) is 9.90 Å². The van der Waals surface area contributed by atoms with Gasteiger partial charge in [0.2, 0.25) is 0 Å². The van der Waals surface area contributed by atoms with Crippen molar-refractivity contribution in [3.63, 3.8) is 0 Å². The number of aliphatic hydroxyl groups excluding tert-OH is 1. The molecule has 0 fully saturated rings. The maximum absolute atomic E-state index is 12.1. The maximum atomic E-state index is 12.1. The Balaban J connectivity index is 5.85. The minimum Gasteiger partial charge on any atom is -0.478 e. The van der Waals surface area contributed by atoms with Gasteiger partial charge in [0.25, 0.3) is 0 Å². The zero-order chi connectivity index (χ0) is 17.5. The van der Waals surface area contributed by atoms with Crippen LogP contribution in [-0.4, -0.2) is 80.6 Å². The van der Waals surface area contributed by atoms with Crippen LogP contribution in [0.4, 0.5) is 0 Å². The molecule has 0 bridgehead atoms. The van der Waals surface area contributed by atoms with Gasteiger partial charge in [0.15, 0.2) is 0 Å². The smallest absolute Gasteiger partial charge is 0.416 e. The van der Waals surface area contributed by atoms with Gasteiger partial charge in [-0.1, -0.05) is 0 Å². The Labute approximate surface area is 133 Å². The summed E-state index contributed by atoms with van der Waals surface area (Å²) in [7, 11) is 8.53. The third kappa shape index (κ3) is 4.71. The van der Waals surface area contributed by atoms with Gasteiger partial charge in [-0.25, -0.2) is 4.79 Å². The molecule has 0 aliphatic rings. The van der Waals surface area contributed by atoms with Crippen LogP contribution in [0.3, 0.4) is 0 Å². The molecule has 0 amide bonds. The van der Waals surface area contributed by atoms with E-state index in [1.165, 1.54) is 0 Å². The fraction of sp³-hybridized carbons (Fsp3) is 0.769. The number of aliphatic hydroxyl groups is 1. The van der Waals surface area contributed by atoms with Crippen LogP contribution < -0.4 is 0 Å². The predicted octanol–water partition coefficient (Wildman–Crippen LogP) is 1.69. The first kappa shape index (κ1) is 20.9. The predicted molar refractivity (Wildman–Crippen MR) is 87.0 cm³/mol. The topological polar surface area (TPSA) is 74.7 Å². The minimum absolute atomic E-state index is 0.169. The molecule has 0 aromatic carbocycles. The first-order valence-corrected chi connectivity index (χ1v) is 8.56. The van der Waals surface area contributed by atoms with Gasteiger partial charge in [-0.15, -0.1) is 14.0 Å². The Bertz CT molecular complexity index is 377. The third-order valence-electron chi connectivity index (χ3n) is 2.71. The van der Waals surface area contributed by atoms with Crippen molar-refractivity contribution in [3.8, 4) is 0 Å². The van der Waals surface area contributed by atoms with Crippen molar-refractivity contribution in [2.75, 3.05) is 55.5 Å². The quantitative estimate of drug-likeness (QED) is 0.295. The number of hydrogen-bond donors (Lipinski definition) is 1. The lowest BCUT2D eigenvalue weighted by molar-refractivity contribution is -0.142. The fourth-order valence-corrected chi connectivity index (χ4v) is 5.04. The molecule has 0 aromatic rings. The van der Waals surface area contributed by atoms with E-state index in [1.54, 1.807) is 13.8 Å². The number of carbonyl (C=O) groups excluding carboxylic acids is 1. The summed E-state index contributed by atoms with van der Waals surface area (Å²) >= 11 is 0. The molecule has 0 aromatic heterocycles. The molecule has 1 N–H and O–H groups in total. The van der Waals surface area contributed by atoms with Gasteiger partial charge in [0.1, 0.15) is 0 Å². The lowest BCUT2D eigenvalue weighted by Gasteiger charge is -2.36. The van der Waals surface area contributed by atoms with Crippen LogP contribution in [0.15, 0.2) is 11.7 Å². The second-order valence-electron chi connectivity index (χ2n) is 4.93. The van der Waals surface area contributed by atoms with Gasteiger partial charge in [-0.2, -0.15) is 0 Å². The summed E-state index contributed by atoms with van der Waals surface area (Å²) in [5.74, 6) is -1.66. The summed E-state index contributed by atoms with van der Waals surface area (Å²) in [4.78, 5) is 12.1. The van der Waals surface area contributed by atoms with Gasteiger partial charge in [-0.05, 0) is 13.8 Å². The first-order chi connectivity index (χ1) is 10.1. The summed E-state index contributed by atoms with van der Waals surface area (Å²) in [6, 6.07) is 0. The molecule has 0 spiro atoms. The molecule has 22 heavy (non-hydrogen) atoms. The van der Waals surface area contributed by atoms with Crippen LogP contribution in [0, 0.1) is 0 Å².